The van der Waals surface area contributed by atoms with Crippen LogP contribution in [0.4, 0.5) is 0 Å². The van der Waals surface area contributed by atoms with Crippen LogP contribution >= 0.6 is 0 Å². The minimum absolute atomic E-state index is 0.322. The number of phenols is 1. The van der Waals surface area contributed by atoms with Crippen LogP contribution in [-0.2, 0) is 0 Å². The third-order valence-corrected chi connectivity index (χ3v) is 23.6. The van der Waals surface area contributed by atoms with Gasteiger partial charge in [-0.1, -0.05) is 18.2 Å². The Labute approximate surface area is 219 Å². The summed E-state index contributed by atoms with van der Waals surface area (Å²) < 4.78 is 6.91. The maximum atomic E-state index is 8.63. The maximum Gasteiger partial charge on any atom is 0.115 e. The molecule has 1 N–H and O–H groups in total. The molecule has 0 fully saturated rings. The van der Waals surface area contributed by atoms with E-state index in [-0.39, 0.29) is 0 Å². The molecular formula is C32H62OSn. The Kier molecular flexibility index (Phi) is 25.8. The predicted molar refractivity (Wildman–Crippen MR) is 159 cm³/mol. The Hall–Kier alpha value is -0.181. The molecule has 0 unspecified atom stereocenters. The predicted octanol–water partition coefficient (Wildman–Crippen LogP) is 11.9. The van der Waals surface area contributed by atoms with Crippen molar-refractivity contribution >= 4 is 18.4 Å². The minimum Gasteiger partial charge on any atom is -0.508 e. The van der Waals surface area contributed by atoms with Crippen LogP contribution in [0.5, 0.6) is 5.75 Å². The SMILES string of the molecule is CCCCCCCC[CH2][Sn]([CH2]CCC)([CH2]CCC)[CH2]CCCCCCCC.Oc1ccccc1. The molecule has 1 aromatic carbocycles. The van der Waals surface area contributed by atoms with Crippen LogP contribution in [-0.4, -0.2) is 23.5 Å². The fourth-order valence-electron chi connectivity index (χ4n) is 5.20. The molecule has 0 saturated carbocycles. The van der Waals surface area contributed by atoms with Crippen molar-refractivity contribution in [1.29, 1.82) is 0 Å². The Morgan fingerprint density at radius 1 is 0.441 bits per heavy atom. The van der Waals surface area contributed by atoms with E-state index in [0.717, 1.165) is 0 Å². The molecule has 0 heterocycles. The molecule has 0 atom stereocenters. The van der Waals surface area contributed by atoms with Crippen LogP contribution in [0.25, 0.3) is 0 Å². The Morgan fingerprint density at radius 2 is 0.765 bits per heavy atom. The van der Waals surface area contributed by atoms with Gasteiger partial charge >= 0.3 is 179 Å². The van der Waals surface area contributed by atoms with E-state index in [4.69, 9.17) is 5.11 Å². The summed E-state index contributed by atoms with van der Waals surface area (Å²) >= 11 is -1.85. The van der Waals surface area contributed by atoms with Gasteiger partial charge in [0.05, 0.1) is 0 Å². The van der Waals surface area contributed by atoms with E-state index in [9.17, 15) is 0 Å². The zero-order chi connectivity index (χ0) is 25.2. The number of hydrogen-bond donors (Lipinski definition) is 1. The van der Waals surface area contributed by atoms with Crippen molar-refractivity contribution in [3.8, 4) is 5.75 Å². The molecule has 0 aliphatic rings. The van der Waals surface area contributed by atoms with E-state index in [1.165, 1.54) is 89.9 Å². The number of aromatic hydroxyl groups is 1. The van der Waals surface area contributed by atoms with Crippen LogP contribution in [0.15, 0.2) is 30.3 Å². The van der Waals surface area contributed by atoms with Gasteiger partial charge in [-0.3, -0.25) is 0 Å². The summed E-state index contributed by atoms with van der Waals surface area (Å²) in [6.07, 6.45) is 26.9. The summed E-state index contributed by atoms with van der Waals surface area (Å²) in [5.74, 6) is 0.322. The van der Waals surface area contributed by atoms with Gasteiger partial charge in [-0.15, -0.1) is 0 Å². The Morgan fingerprint density at radius 3 is 1.09 bits per heavy atom. The van der Waals surface area contributed by atoms with Crippen LogP contribution in [0.2, 0.25) is 17.7 Å². The van der Waals surface area contributed by atoms with Gasteiger partial charge in [-0.05, 0) is 12.1 Å². The molecule has 0 radical (unpaired) electrons. The maximum absolute atomic E-state index is 8.63. The van der Waals surface area contributed by atoms with Crippen LogP contribution in [0.1, 0.15) is 143 Å². The molecule has 0 spiro atoms. The first-order valence-corrected chi connectivity index (χ1v) is 23.4. The molecule has 0 aliphatic carbocycles. The number of benzene rings is 1. The summed E-state index contributed by atoms with van der Waals surface area (Å²) in [6, 6.07) is 8.71. The van der Waals surface area contributed by atoms with Gasteiger partial charge in [-0.25, -0.2) is 0 Å². The van der Waals surface area contributed by atoms with E-state index in [2.05, 4.69) is 27.7 Å². The summed E-state index contributed by atoms with van der Waals surface area (Å²) in [5, 5.41) is 8.63. The van der Waals surface area contributed by atoms with E-state index in [1.54, 1.807) is 67.7 Å². The van der Waals surface area contributed by atoms with E-state index < -0.39 is 18.4 Å². The molecule has 2 heteroatoms. The van der Waals surface area contributed by atoms with Gasteiger partial charge < -0.3 is 5.11 Å². The smallest absolute Gasteiger partial charge is 0.115 e. The van der Waals surface area contributed by atoms with Crippen molar-refractivity contribution in [2.24, 2.45) is 0 Å². The monoisotopic (exact) mass is 582 g/mol. The fraction of sp³-hybridized carbons (Fsp3) is 0.812. The molecule has 0 aromatic heterocycles. The molecular weight excluding hydrogens is 519 g/mol. The molecule has 0 saturated heterocycles. The summed E-state index contributed by atoms with van der Waals surface area (Å²) in [7, 11) is 0. The van der Waals surface area contributed by atoms with E-state index >= 15 is 0 Å². The topological polar surface area (TPSA) is 20.2 Å². The molecule has 1 nitrogen and oxygen atoms in total. The average Bonchev–Trinajstić information content (AvgIpc) is 2.86. The Balaban J connectivity index is 0.00000131. The second-order valence-electron chi connectivity index (χ2n) is 10.8. The third-order valence-electron chi connectivity index (χ3n) is 7.50. The van der Waals surface area contributed by atoms with Crippen molar-refractivity contribution in [1.82, 2.24) is 0 Å². The quantitative estimate of drug-likeness (QED) is 0.107. The van der Waals surface area contributed by atoms with E-state index in [0.29, 0.717) is 5.75 Å². The zero-order valence-corrected chi connectivity index (χ0v) is 26.7. The molecule has 1 rings (SSSR count). The fourth-order valence-corrected chi connectivity index (χ4v) is 21.5. The second kappa shape index (κ2) is 25.9. The van der Waals surface area contributed by atoms with Gasteiger partial charge in [0, 0.05) is 0 Å². The molecule has 34 heavy (non-hydrogen) atoms. The summed E-state index contributed by atoms with van der Waals surface area (Å²) in [4.78, 5) is 0. The number of hydrogen-bond acceptors (Lipinski definition) is 1. The number of rotatable bonds is 22. The van der Waals surface area contributed by atoms with E-state index in [1.807, 2.05) is 6.07 Å². The first-order valence-electron chi connectivity index (χ1n) is 15.4. The largest absolute Gasteiger partial charge is 0.508 e. The number of phenolic OH excluding ortho intramolecular Hbond substituents is 1. The van der Waals surface area contributed by atoms with Crippen molar-refractivity contribution in [3.63, 3.8) is 0 Å². The van der Waals surface area contributed by atoms with Crippen molar-refractivity contribution in [3.05, 3.63) is 30.3 Å². The normalized spacial score (nSPS) is 11.3. The Bertz CT molecular complexity index is 473. The third kappa shape index (κ3) is 21.1. The van der Waals surface area contributed by atoms with Crippen molar-refractivity contribution < 1.29 is 5.11 Å². The zero-order valence-electron chi connectivity index (χ0n) is 23.9. The first-order chi connectivity index (χ1) is 16.6. The number of unbranched alkanes of at least 4 members (excludes halogenated alkanes) is 14. The molecule has 0 bridgehead atoms. The molecule has 1 aromatic rings. The van der Waals surface area contributed by atoms with Crippen LogP contribution < -0.4 is 0 Å². The average molecular weight is 582 g/mol. The van der Waals surface area contributed by atoms with Crippen LogP contribution in [0.3, 0.4) is 0 Å². The van der Waals surface area contributed by atoms with Gasteiger partial charge in [0.1, 0.15) is 5.75 Å². The van der Waals surface area contributed by atoms with Gasteiger partial charge in [-0.2, -0.15) is 0 Å². The first kappa shape index (κ1) is 33.8. The molecule has 200 valence electrons. The second-order valence-corrected chi connectivity index (χ2v) is 25.1. The van der Waals surface area contributed by atoms with Gasteiger partial charge in [0.15, 0.2) is 0 Å². The minimum atomic E-state index is -1.85. The summed E-state index contributed by atoms with van der Waals surface area (Å²) in [6.45, 7) is 9.48. The standard InChI is InChI=1S/2C9H19.C6H6O.2C4H9.Sn/c2*1-3-5-7-9-8-6-4-2;7-6-4-2-1-3-5-6;2*1-3-4-2;/h2*1,3-9H2,2H3;1-5,7H;2*1,3-4H2,2H3;. The van der Waals surface area contributed by atoms with Crippen molar-refractivity contribution in [2.45, 2.75) is 161 Å². The molecule has 0 aliphatic heterocycles. The van der Waals surface area contributed by atoms with Gasteiger partial charge in [0.2, 0.25) is 0 Å². The van der Waals surface area contributed by atoms with Crippen LogP contribution in [0, 0.1) is 0 Å². The molecule has 0 amide bonds. The van der Waals surface area contributed by atoms with Gasteiger partial charge in [0.25, 0.3) is 0 Å². The number of para-hydroxylation sites is 1. The summed E-state index contributed by atoms with van der Waals surface area (Å²) in [5.41, 5.74) is 0. The van der Waals surface area contributed by atoms with Crippen molar-refractivity contribution in [2.75, 3.05) is 0 Å².